The molecule has 3 aromatic rings. The number of morpholine rings is 3. The summed E-state index contributed by atoms with van der Waals surface area (Å²) in [4.78, 5) is 7.66. The lowest BCUT2D eigenvalue weighted by molar-refractivity contribution is -0.0711. The van der Waals surface area contributed by atoms with Gasteiger partial charge in [0.15, 0.2) is 0 Å². The molecule has 9 atom stereocenters. The summed E-state index contributed by atoms with van der Waals surface area (Å²) in [6.07, 6.45) is 6.89. The second kappa shape index (κ2) is 28.0. The molecule has 3 unspecified atom stereocenters. The van der Waals surface area contributed by atoms with E-state index in [1.54, 1.807) is 0 Å². The lowest BCUT2D eigenvalue weighted by Gasteiger charge is -2.36. The van der Waals surface area contributed by atoms with Crippen LogP contribution in [0.3, 0.4) is 0 Å². The molecule has 0 aromatic heterocycles. The molecule has 0 radical (unpaired) electrons. The molecule has 8 heteroatoms. The Balaban J connectivity index is 0.000000313. The Kier molecular flexibility index (Phi) is 25.3. The highest BCUT2D eigenvalue weighted by atomic mass is 35.5. The average Bonchev–Trinajstić information content (AvgIpc) is 3.15. The molecule has 6 nitrogen and oxygen atoms in total. The fourth-order valence-corrected chi connectivity index (χ4v) is 9.55. The first-order valence-electron chi connectivity index (χ1n) is 23.4. The summed E-state index contributed by atoms with van der Waals surface area (Å²) in [5.74, 6) is 2.08. The third-order valence-electron chi connectivity index (χ3n) is 12.3. The maximum atomic E-state index is 5.83. The number of ether oxygens (including phenoxy) is 3. The smallest absolute Gasteiger partial charge is 0.0678 e. The molecule has 3 aromatic carbocycles. The minimum Gasteiger partial charge on any atom is -0.373 e. The zero-order chi connectivity index (χ0) is 43.0. The van der Waals surface area contributed by atoms with Crippen molar-refractivity contribution in [3.05, 3.63) is 107 Å². The molecule has 0 aliphatic carbocycles. The van der Waals surface area contributed by atoms with Crippen LogP contribution in [0.4, 0.5) is 0 Å². The summed E-state index contributed by atoms with van der Waals surface area (Å²) in [7, 11) is 0. The van der Waals surface area contributed by atoms with Gasteiger partial charge in [-0.05, 0) is 113 Å². The molecule has 3 aliphatic heterocycles. The van der Waals surface area contributed by atoms with E-state index in [4.69, 9.17) is 14.2 Å². The van der Waals surface area contributed by atoms with Gasteiger partial charge in [-0.3, -0.25) is 14.7 Å². The monoisotopic (exact) mass is 884 g/mol. The number of rotatable bonds is 14. The van der Waals surface area contributed by atoms with E-state index in [0.717, 1.165) is 45.7 Å². The van der Waals surface area contributed by atoms with Crippen molar-refractivity contribution in [2.24, 2.45) is 17.8 Å². The van der Waals surface area contributed by atoms with E-state index in [-0.39, 0.29) is 30.2 Å². The Morgan fingerprint density at radius 1 is 0.459 bits per heavy atom. The van der Waals surface area contributed by atoms with Gasteiger partial charge in [-0.1, -0.05) is 126 Å². The summed E-state index contributed by atoms with van der Waals surface area (Å²) in [6.45, 7) is 37.0. The Labute approximate surface area is 386 Å². The summed E-state index contributed by atoms with van der Waals surface area (Å²) in [6, 6.07) is 30.9. The molecule has 3 aliphatic rings. The van der Waals surface area contributed by atoms with Crippen LogP contribution in [0.15, 0.2) is 84.9 Å². The molecule has 0 spiro atoms. The Hall–Kier alpha value is -2.00. The van der Waals surface area contributed by atoms with Crippen LogP contribution < -0.4 is 0 Å². The zero-order valence-corrected chi connectivity index (χ0v) is 42.0. The van der Waals surface area contributed by atoms with E-state index in [9.17, 15) is 0 Å². The summed E-state index contributed by atoms with van der Waals surface area (Å²) in [5, 5.41) is 0. The zero-order valence-electron chi connectivity index (χ0n) is 40.4. The van der Waals surface area contributed by atoms with Gasteiger partial charge < -0.3 is 14.2 Å². The Morgan fingerprint density at radius 3 is 0.984 bits per heavy atom. The molecule has 3 heterocycles. The number of benzene rings is 3. The van der Waals surface area contributed by atoms with Crippen LogP contribution in [-0.2, 0) is 38.9 Å². The van der Waals surface area contributed by atoms with Crippen molar-refractivity contribution in [2.75, 3.05) is 58.9 Å². The molecule has 61 heavy (non-hydrogen) atoms. The number of halogens is 2. The van der Waals surface area contributed by atoms with Crippen LogP contribution in [0.2, 0.25) is 0 Å². The third kappa shape index (κ3) is 21.0. The highest BCUT2D eigenvalue weighted by molar-refractivity contribution is 5.85. The van der Waals surface area contributed by atoms with Gasteiger partial charge in [-0.25, -0.2) is 0 Å². The molecular weight excluding hydrogens is 798 g/mol. The van der Waals surface area contributed by atoms with Crippen LogP contribution in [0.1, 0.15) is 112 Å². The number of hydrogen-bond donors (Lipinski definition) is 0. The lowest BCUT2D eigenvalue weighted by atomic mass is 9.82. The predicted octanol–water partition coefficient (Wildman–Crippen LogP) is 11.5. The van der Waals surface area contributed by atoms with Crippen LogP contribution in [0.25, 0.3) is 0 Å². The summed E-state index contributed by atoms with van der Waals surface area (Å²) in [5.41, 5.74) is 6.08. The first-order chi connectivity index (χ1) is 28.1. The Bertz CT molecular complexity index is 1460. The molecule has 0 N–H and O–H groups in total. The minimum absolute atomic E-state index is 0. The first kappa shape index (κ1) is 55.1. The largest absolute Gasteiger partial charge is 0.373 e. The second-order valence-corrected chi connectivity index (χ2v) is 19.8. The van der Waals surface area contributed by atoms with Gasteiger partial charge in [-0.2, -0.15) is 0 Å². The number of nitrogens with zero attached hydrogens (tertiary/aromatic N) is 3. The van der Waals surface area contributed by atoms with E-state index >= 15 is 0 Å². The van der Waals surface area contributed by atoms with Crippen molar-refractivity contribution in [2.45, 2.75) is 151 Å². The normalized spacial score (nSPS) is 25.2. The fourth-order valence-electron chi connectivity index (χ4n) is 9.55. The summed E-state index contributed by atoms with van der Waals surface area (Å²) >= 11 is 0. The molecule has 0 bridgehead atoms. The first-order valence-corrected chi connectivity index (χ1v) is 23.4. The van der Waals surface area contributed by atoms with Gasteiger partial charge in [0.2, 0.25) is 0 Å². The highest BCUT2D eigenvalue weighted by Gasteiger charge is 2.26. The van der Waals surface area contributed by atoms with Crippen LogP contribution >= 0.6 is 24.8 Å². The maximum Gasteiger partial charge on any atom is 0.0678 e. The lowest BCUT2D eigenvalue weighted by Crippen LogP contribution is -2.47. The predicted molar refractivity (Wildman–Crippen MR) is 265 cm³/mol. The van der Waals surface area contributed by atoms with Crippen molar-refractivity contribution in [3.8, 4) is 0 Å². The molecule has 0 amide bonds. The fraction of sp³-hybridized carbons (Fsp3) is 0.660. The minimum atomic E-state index is 0. The molecule has 0 saturated carbocycles. The van der Waals surface area contributed by atoms with Gasteiger partial charge in [0, 0.05) is 58.9 Å². The molecule has 346 valence electrons. The van der Waals surface area contributed by atoms with Crippen LogP contribution in [-0.4, -0.2) is 110 Å². The van der Waals surface area contributed by atoms with E-state index in [1.165, 1.54) is 61.2 Å². The van der Waals surface area contributed by atoms with Crippen molar-refractivity contribution in [1.82, 2.24) is 14.7 Å². The van der Waals surface area contributed by atoms with Gasteiger partial charge in [0.05, 0.1) is 36.6 Å². The third-order valence-corrected chi connectivity index (χ3v) is 12.3. The quantitative estimate of drug-likeness (QED) is 0.161. The van der Waals surface area contributed by atoms with Crippen LogP contribution in [0, 0.1) is 17.8 Å². The standard InChI is InChI=1S/C21H35NO.2C16H25NO.2ClH/c1-7-21(5,6)20-10-8-19(9-11-20)12-16(2)13-22-14-17(3)23-18(4)15-22;2*1-13(9-16-7-5-4-6-8-16)10-17-11-14(2)18-15(3)12-17;;/h8-11,16-18H,7,12-15H2,1-6H3;2*4-8,13-15H,9-12H2,1-3H3;2*1H/t16?,17-,18+;2*13?,14-,15+;;. The van der Waals surface area contributed by atoms with E-state index in [1.807, 2.05) is 0 Å². The van der Waals surface area contributed by atoms with Crippen molar-refractivity contribution in [3.63, 3.8) is 0 Å². The maximum absolute atomic E-state index is 5.83. The number of hydrogen-bond acceptors (Lipinski definition) is 6. The molecule has 3 fully saturated rings. The molecular formula is C53H87Cl2N3O3. The van der Waals surface area contributed by atoms with Crippen LogP contribution in [0.5, 0.6) is 0 Å². The summed E-state index contributed by atoms with van der Waals surface area (Å²) < 4.78 is 17.4. The SMILES string of the molecule is CC(Cc1ccccc1)CN1C[C@@H](C)O[C@@H](C)C1.CC(Cc1ccccc1)CN1C[C@@H](C)O[C@@H](C)C1.CCC(C)(C)c1ccc(CC(C)CN2C[C@@H](C)O[C@@H](C)C2)cc1.Cl.Cl. The van der Waals surface area contributed by atoms with Crippen molar-refractivity contribution < 1.29 is 14.2 Å². The van der Waals surface area contributed by atoms with Gasteiger partial charge in [0.1, 0.15) is 0 Å². The van der Waals surface area contributed by atoms with Crippen molar-refractivity contribution >= 4 is 24.8 Å². The van der Waals surface area contributed by atoms with Crippen molar-refractivity contribution in [1.29, 1.82) is 0 Å². The molecule has 6 rings (SSSR count). The molecule has 3 saturated heterocycles. The van der Waals surface area contributed by atoms with Gasteiger partial charge in [0.25, 0.3) is 0 Å². The van der Waals surface area contributed by atoms with E-state index in [0.29, 0.717) is 54.4 Å². The Morgan fingerprint density at radius 2 is 0.721 bits per heavy atom. The van der Waals surface area contributed by atoms with E-state index < -0.39 is 0 Å². The topological polar surface area (TPSA) is 37.4 Å². The second-order valence-electron chi connectivity index (χ2n) is 19.8. The van der Waals surface area contributed by atoms with Gasteiger partial charge >= 0.3 is 0 Å². The highest BCUT2D eigenvalue weighted by Crippen LogP contribution is 2.27. The van der Waals surface area contributed by atoms with Gasteiger partial charge in [-0.15, -0.1) is 24.8 Å². The average molecular weight is 885 g/mol. The van der Waals surface area contributed by atoms with E-state index in [2.05, 4.69) is 183 Å².